The van der Waals surface area contributed by atoms with Crippen LogP contribution in [0.25, 0.3) is 0 Å². The fourth-order valence-electron chi connectivity index (χ4n) is 9.82. The van der Waals surface area contributed by atoms with E-state index in [4.69, 9.17) is 4.74 Å². The van der Waals surface area contributed by atoms with E-state index in [1.807, 2.05) is 6.92 Å². The molecule has 1 aromatic carbocycles. The summed E-state index contributed by atoms with van der Waals surface area (Å²) in [6, 6.07) is 4.05. The number of cyclic esters (lactones) is 1. The Bertz CT molecular complexity index is 1260. The maximum Gasteiger partial charge on any atom is 0.318 e. The minimum Gasteiger partial charge on any atom is -0.462 e. The van der Waals surface area contributed by atoms with Crippen LogP contribution in [0.4, 0.5) is 10.1 Å². The topological polar surface area (TPSA) is 119 Å². The molecule has 0 bridgehead atoms. The number of anilines is 1. The number of likely N-dealkylation sites (tertiary alicyclic amines) is 1. The van der Waals surface area contributed by atoms with E-state index in [1.54, 1.807) is 11.9 Å². The summed E-state index contributed by atoms with van der Waals surface area (Å²) in [5, 5.41) is 35.8. The molecule has 1 aromatic rings. The lowest BCUT2D eigenvalue weighted by Gasteiger charge is -2.60. The van der Waals surface area contributed by atoms with Gasteiger partial charge in [0.05, 0.1) is 12.7 Å². The standard InChI is InChI=1S/C30H39FN2O6/c1-16-5-8-22-27(2,10-9-23(35)28(22,3)15-34)19(16)11-17-13-33(4)30(29(17)24(36)14-39-26(29)38)20-12-18(31)6-7-21(20)32-25(30)37/h6-7,12,17,19,22-24,34-36H,1,5,8-11,13-15H2,2-4H3,(H,32,37)/t17?,19-,22+,23-,24+,27+,28+,29-,30+/m1/s1. The van der Waals surface area contributed by atoms with Crippen molar-refractivity contribution in [1.82, 2.24) is 4.90 Å². The van der Waals surface area contributed by atoms with Crippen molar-refractivity contribution < 1.29 is 34.0 Å². The first-order valence-electron chi connectivity index (χ1n) is 14.0. The minimum absolute atomic E-state index is 0.0309. The Morgan fingerprint density at radius 1 is 1.21 bits per heavy atom. The highest BCUT2D eigenvalue weighted by Crippen LogP contribution is 2.67. The van der Waals surface area contributed by atoms with E-state index in [0.717, 1.165) is 24.8 Å². The molecule has 2 saturated heterocycles. The maximum atomic E-state index is 14.6. The zero-order chi connectivity index (χ0) is 28.1. The third-order valence-electron chi connectivity index (χ3n) is 11.7. The summed E-state index contributed by atoms with van der Waals surface area (Å²) in [7, 11) is 1.75. The van der Waals surface area contributed by atoms with Crippen molar-refractivity contribution in [3.8, 4) is 0 Å². The van der Waals surface area contributed by atoms with Gasteiger partial charge in [-0.3, -0.25) is 14.5 Å². The Balaban J connectivity index is 1.48. The van der Waals surface area contributed by atoms with Crippen LogP contribution in [-0.4, -0.2) is 71.1 Å². The Morgan fingerprint density at radius 2 is 1.95 bits per heavy atom. The second-order valence-corrected chi connectivity index (χ2v) is 13.2. The molecule has 6 rings (SSSR count). The molecule has 5 aliphatic rings. The smallest absolute Gasteiger partial charge is 0.318 e. The van der Waals surface area contributed by atoms with Crippen LogP contribution in [0.5, 0.6) is 0 Å². The van der Waals surface area contributed by atoms with E-state index >= 15 is 0 Å². The van der Waals surface area contributed by atoms with Gasteiger partial charge < -0.3 is 25.4 Å². The van der Waals surface area contributed by atoms with Crippen molar-refractivity contribution in [2.45, 2.75) is 63.7 Å². The van der Waals surface area contributed by atoms with Gasteiger partial charge in [-0.05, 0) is 80.5 Å². The van der Waals surface area contributed by atoms with Crippen LogP contribution in [0.1, 0.15) is 51.5 Å². The molecular weight excluding hydrogens is 503 g/mol. The fraction of sp³-hybridized carbons (Fsp3) is 0.667. The van der Waals surface area contributed by atoms with Crippen LogP contribution in [0.3, 0.4) is 0 Å². The molecule has 3 aliphatic heterocycles. The molecule has 212 valence electrons. The number of ether oxygens (including phenoxy) is 1. The lowest BCUT2D eigenvalue weighted by atomic mass is 9.45. The SMILES string of the molecule is C=C1CC[C@@H]2[C@](C)(CO)[C@H](O)CC[C@@]2(C)[C@@H]1CC1CN(C)[C@@]2(C(=O)Nc3ccc(F)cc32)[C@]12C(=O)OC[C@@H]2O. The van der Waals surface area contributed by atoms with Gasteiger partial charge in [-0.1, -0.05) is 26.0 Å². The number of nitrogens with one attached hydrogen (secondary N) is 1. The quantitative estimate of drug-likeness (QED) is 0.342. The molecule has 4 N–H and O–H groups in total. The summed E-state index contributed by atoms with van der Waals surface area (Å²) in [4.78, 5) is 29.6. The fourth-order valence-corrected chi connectivity index (χ4v) is 9.82. The number of aliphatic hydroxyl groups excluding tert-OH is 3. The predicted molar refractivity (Wildman–Crippen MR) is 141 cm³/mol. The lowest BCUT2D eigenvalue weighted by Crippen LogP contribution is -2.62. The predicted octanol–water partition coefficient (Wildman–Crippen LogP) is 2.57. The van der Waals surface area contributed by atoms with Crippen molar-refractivity contribution >= 4 is 17.6 Å². The van der Waals surface area contributed by atoms with Crippen LogP contribution >= 0.6 is 0 Å². The molecule has 3 heterocycles. The number of benzene rings is 1. The molecular formula is C30H39FN2O6. The molecule has 39 heavy (non-hydrogen) atoms. The first kappa shape index (κ1) is 26.9. The molecule has 0 radical (unpaired) electrons. The zero-order valence-electron chi connectivity index (χ0n) is 22.9. The normalized spacial score (nSPS) is 45.5. The van der Waals surface area contributed by atoms with Crippen molar-refractivity contribution in [3.05, 3.63) is 41.7 Å². The highest BCUT2D eigenvalue weighted by molar-refractivity contribution is 6.10. The van der Waals surface area contributed by atoms with E-state index in [9.17, 15) is 29.3 Å². The summed E-state index contributed by atoms with van der Waals surface area (Å²) in [5.74, 6) is -2.17. The van der Waals surface area contributed by atoms with Crippen molar-refractivity contribution in [1.29, 1.82) is 0 Å². The molecule has 2 spiro atoms. The highest BCUT2D eigenvalue weighted by atomic mass is 19.1. The third kappa shape index (κ3) is 3.08. The van der Waals surface area contributed by atoms with Crippen molar-refractivity contribution in [2.24, 2.45) is 34.0 Å². The van der Waals surface area contributed by atoms with Gasteiger partial charge in [0.1, 0.15) is 29.5 Å². The number of halogens is 1. The Hall–Kier alpha value is -2.33. The van der Waals surface area contributed by atoms with Gasteiger partial charge in [-0.2, -0.15) is 0 Å². The van der Waals surface area contributed by atoms with Crippen LogP contribution in [-0.2, 0) is 19.9 Å². The van der Waals surface area contributed by atoms with E-state index < -0.39 is 52.2 Å². The molecule has 9 atom stereocenters. The molecule has 2 saturated carbocycles. The summed E-state index contributed by atoms with van der Waals surface area (Å²) in [6.45, 7) is 8.56. The van der Waals surface area contributed by atoms with Gasteiger partial charge in [0, 0.05) is 23.2 Å². The van der Waals surface area contributed by atoms with Gasteiger partial charge in [0.2, 0.25) is 0 Å². The van der Waals surface area contributed by atoms with Crippen molar-refractivity contribution in [2.75, 3.05) is 32.1 Å². The molecule has 4 fully saturated rings. The number of carbonyl (C=O) groups is 2. The first-order valence-corrected chi connectivity index (χ1v) is 14.0. The van der Waals surface area contributed by atoms with Crippen LogP contribution in [0.2, 0.25) is 0 Å². The number of allylic oxidation sites excluding steroid dienone is 1. The minimum atomic E-state index is -1.64. The number of hydrogen-bond donors (Lipinski definition) is 4. The average Bonchev–Trinajstić information content (AvgIpc) is 3.46. The van der Waals surface area contributed by atoms with Gasteiger partial charge in [0.15, 0.2) is 0 Å². The molecule has 9 heteroatoms. The highest BCUT2D eigenvalue weighted by Gasteiger charge is 2.79. The van der Waals surface area contributed by atoms with Gasteiger partial charge in [-0.25, -0.2) is 4.39 Å². The number of esters is 1. The number of carbonyl (C=O) groups excluding carboxylic acids is 2. The lowest BCUT2D eigenvalue weighted by molar-refractivity contribution is -0.165. The molecule has 1 unspecified atom stereocenters. The number of hydrogen-bond acceptors (Lipinski definition) is 7. The molecule has 1 amide bonds. The third-order valence-corrected chi connectivity index (χ3v) is 11.7. The monoisotopic (exact) mass is 542 g/mol. The number of amides is 1. The summed E-state index contributed by atoms with van der Waals surface area (Å²) in [5.41, 5.74) is -2.41. The maximum absolute atomic E-state index is 14.6. The Labute approximate surface area is 228 Å². The van der Waals surface area contributed by atoms with E-state index in [2.05, 4.69) is 18.8 Å². The second-order valence-electron chi connectivity index (χ2n) is 13.2. The summed E-state index contributed by atoms with van der Waals surface area (Å²) < 4.78 is 20.1. The van der Waals surface area contributed by atoms with Crippen LogP contribution < -0.4 is 5.32 Å². The number of nitrogens with zero attached hydrogens (tertiary/aromatic N) is 1. The van der Waals surface area contributed by atoms with Crippen LogP contribution in [0, 0.1) is 39.8 Å². The average molecular weight is 543 g/mol. The molecule has 0 aromatic heterocycles. The number of aliphatic hydroxyl groups is 3. The van der Waals surface area contributed by atoms with E-state index in [-0.39, 0.29) is 30.5 Å². The summed E-state index contributed by atoms with van der Waals surface area (Å²) >= 11 is 0. The van der Waals surface area contributed by atoms with Gasteiger partial charge >= 0.3 is 5.97 Å². The second kappa shape index (κ2) is 8.59. The number of likely N-dealkylation sites (N-methyl/N-ethyl adjacent to an activating group) is 1. The largest absolute Gasteiger partial charge is 0.462 e. The van der Waals surface area contributed by atoms with Crippen molar-refractivity contribution in [3.63, 3.8) is 0 Å². The van der Waals surface area contributed by atoms with Crippen LogP contribution in [0.15, 0.2) is 30.4 Å². The first-order chi connectivity index (χ1) is 18.4. The van der Waals surface area contributed by atoms with Gasteiger partial charge in [-0.15, -0.1) is 0 Å². The van der Waals surface area contributed by atoms with Gasteiger partial charge in [0.25, 0.3) is 5.91 Å². The molecule has 8 nitrogen and oxygen atoms in total. The molecule has 2 aliphatic carbocycles. The van der Waals surface area contributed by atoms with E-state index in [0.29, 0.717) is 30.6 Å². The number of rotatable bonds is 3. The van der Waals surface area contributed by atoms with E-state index in [1.165, 1.54) is 18.2 Å². The zero-order valence-corrected chi connectivity index (χ0v) is 22.9. The Morgan fingerprint density at radius 3 is 2.62 bits per heavy atom. The Kier molecular flexibility index (Phi) is 5.91. The number of fused-ring (bicyclic) bond motifs is 4. The summed E-state index contributed by atoms with van der Waals surface area (Å²) in [6.07, 6.45) is 1.42.